The van der Waals surface area contributed by atoms with E-state index in [0.717, 1.165) is 60.4 Å². The Balaban J connectivity index is 1.52. The molecule has 1 unspecified atom stereocenters. The zero-order chi connectivity index (χ0) is 22.8. The van der Waals surface area contributed by atoms with Gasteiger partial charge in [0.15, 0.2) is 0 Å². The van der Waals surface area contributed by atoms with Crippen LogP contribution in [0.5, 0.6) is 0 Å². The normalized spacial score (nSPS) is 18.5. The number of benzene rings is 2. The van der Waals surface area contributed by atoms with Crippen molar-refractivity contribution < 1.29 is 14.3 Å². The van der Waals surface area contributed by atoms with Gasteiger partial charge in [0, 0.05) is 49.2 Å². The summed E-state index contributed by atoms with van der Waals surface area (Å²) in [6.45, 7) is 8.54. The van der Waals surface area contributed by atoms with Gasteiger partial charge >= 0.3 is 0 Å². The Morgan fingerprint density at radius 3 is 2.73 bits per heavy atom. The zero-order valence-corrected chi connectivity index (χ0v) is 18.5. The maximum Gasteiger partial charge on any atom is 0.272 e. The maximum absolute atomic E-state index is 13.7. The van der Waals surface area contributed by atoms with Crippen molar-refractivity contribution in [3.05, 3.63) is 72.4 Å². The van der Waals surface area contributed by atoms with Crippen LogP contribution >= 0.6 is 0 Å². The van der Waals surface area contributed by atoms with E-state index in [0.29, 0.717) is 12.2 Å². The van der Waals surface area contributed by atoms with Crippen LogP contribution < -0.4 is 5.32 Å². The molecule has 0 bridgehead atoms. The summed E-state index contributed by atoms with van der Waals surface area (Å²) in [7, 11) is 0. The van der Waals surface area contributed by atoms with E-state index >= 15 is 0 Å². The highest BCUT2D eigenvalue weighted by molar-refractivity contribution is 6.12. The summed E-state index contributed by atoms with van der Waals surface area (Å²) in [5.74, 6) is -0.383. The van der Waals surface area contributed by atoms with Crippen LogP contribution in [-0.4, -0.2) is 72.5 Å². The second-order valence-corrected chi connectivity index (χ2v) is 8.40. The van der Waals surface area contributed by atoms with Gasteiger partial charge in [-0.1, -0.05) is 48.5 Å². The van der Waals surface area contributed by atoms with Crippen molar-refractivity contribution in [2.45, 2.75) is 6.04 Å². The number of carbonyl (C=O) groups is 2. The highest BCUT2D eigenvalue weighted by atomic mass is 16.5. The van der Waals surface area contributed by atoms with Crippen LogP contribution in [0.4, 0.5) is 0 Å². The monoisotopic (exact) mass is 444 g/mol. The standard InChI is InChI=1S/C26H28N4O3/c1-2-12-30-24(25(31)27-11-13-29-14-16-33-17-15-29)19-8-4-3-7-18(19)22-20-9-5-6-10-21(20)28-23(22)26(30)32/h2-10,24,28H,1,11-17H2,(H,27,31). The number of aromatic nitrogens is 1. The van der Waals surface area contributed by atoms with E-state index in [2.05, 4.69) is 21.8 Å². The minimum absolute atomic E-state index is 0.180. The zero-order valence-electron chi connectivity index (χ0n) is 18.5. The van der Waals surface area contributed by atoms with Crippen LogP contribution in [0.25, 0.3) is 22.0 Å². The first-order valence-electron chi connectivity index (χ1n) is 11.4. The summed E-state index contributed by atoms with van der Waals surface area (Å²) in [5, 5.41) is 4.05. The first-order valence-corrected chi connectivity index (χ1v) is 11.4. The van der Waals surface area contributed by atoms with Crippen LogP contribution in [0, 0.1) is 0 Å². The molecular formula is C26H28N4O3. The van der Waals surface area contributed by atoms with Gasteiger partial charge in [-0.2, -0.15) is 0 Å². The predicted molar refractivity (Wildman–Crippen MR) is 128 cm³/mol. The molecule has 2 aliphatic heterocycles. The molecule has 2 amide bonds. The number of amides is 2. The number of fused-ring (bicyclic) bond motifs is 5. The molecule has 7 heteroatoms. The Labute approximate surface area is 193 Å². The third-order valence-corrected chi connectivity index (χ3v) is 6.42. The first kappa shape index (κ1) is 21.4. The second kappa shape index (κ2) is 9.21. The van der Waals surface area contributed by atoms with Crippen molar-refractivity contribution in [1.82, 2.24) is 20.1 Å². The molecule has 7 nitrogen and oxygen atoms in total. The number of nitrogens with zero attached hydrogens (tertiary/aromatic N) is 2. The number of para-hydroxylation sites is 1. The molecule has 2 aliphatic rings. The van der Waals surface area contributed by atoms with Gasteiger partial charge in [0.2, 0.25) is 5.91 Å². The fraction of sp³-hybridized carbons (Fsp3) is 0.308. The number of rotatable bonds is 6. The van der Waals surface area contributed by atoms with Gasteiger partial charge in [-0.15, -0.1) is 6.58 Å². The quantitative estimate of drug-likeness (QED) is 0.573. The molecule has 0 aliphatic carbocycles. The van der Waals surface area contributed by atoms with Crippen LogP contribution in [0.15, 0.2) is 61.2 Å². The lowest BCUT2D eigenvalue weighted by Gasteiger charge is -2.30. The van der Waals surface area contributed by atoms with Crippen LogP contribution in [0.3, 0.4) is 0 Å². The highest BCUT2D eigenvalue weighted by Crippen LogP contribution is 2.42. The van der Waals surface area contributed by atoms with Gasteiger partial charge in [-0.25, -0.2) is 0 Å². The van der Waals surface area contributed by atoms with Gasteiger partial charge < -0.3 is 19.9 Å². The van der Waals surface area contributed by atoms with E-state index < -0.39 is 6.04 Å². The maximum atomic E-state index is 13.7. The fourth-order valence-corrected chi connectivity index (χ4v) is 4.84. The number of hydrogen-bond donors (Lipinski definition) is 2. The number of ether oxygens (including phenoxy) is 1. The number of morpholine rings is 1. The molecule has 1 aromatic heterocycles. The molecule has 2 N–H and O–H groups in total. The van der Waals surface area contributed by atoms with Crippen molar-refractivity contribution in [1.29, 1.82) is 0 Å². The minimum atomic E-state index is -0.740. The molecule has 33 heavy (non-hydrogen) atoms. The van der Waals surface area contributed by atoms with E-state index in [4.69, 9.17) is 4.74 Å². The van der Waals surface area contributed by atoms with Gasteiger partial charge in [-0.3, -0.25) is 14.5 Å². The fourth-order valence-electron chi connectivity index (χ4n) is 4.84. The van der Waals surface area contributed by atoms with Crippen molar-refractivity contribution in [2.75, 3.05) is 45.9 Å². The third kappa shape index (κ3) is 3.94. The summed E-state index contributed by atoms with van der Waals surface area (Å²) in [6.07, 6.45) is 1.67. The molecule has 0 spiro atoms. The Kier molecular flexibility index (Phi) is 5.98. The first-order chi connectivity index (χ1) is 16.2. The number of aromatic amines is 1. The molecular weight excluding hydrogens is 416 g/mol. The topological polar surface area (TPSA) is 77.7 Å². The Morgan fingerprint density at radius 2 is 1.91 bits per heavy atom. The van der Waals surface area contributed by atoms with Crippen molar-refractivity contribution in [3.63, 3.8) is 0 Å². The second-order valence-electron chi connectivity index (χ2n) is 8.40. The number of H-pyrrole nitrogens is 1. The molecule has 3 aromatic rings. The predicted octanol–water partition coefficient (Wildman–Crippen LogP) is 2.97. The SMILES string of the molecule is C=CCN1C(=O)c2[nH]c3ccccc3c2-c2ccccc2C1C(=O)NCCN1CCOCC1. The van der Waals surface area contributed by atoms with Crippen molar-refractivity contribution >= 4 is 22.7 Å². The Hall–Kier alpha value is -3.42. The van der Waals surface area contributed by atoms with E-state index in [1.807, 2.05) is 48.5 Å². The molecule has 3 heterocycles. The van der Waals surface area contributed by atoms with Gasteiger partial charge in [0.25, 0.3) is 5.91 Å². The number of carbonyl (C=O) groups excluding carboxylic acids is 2. The molecule has 1 fully saturated rings. The van der Waals surface area contributed by atoms with E-state index in [1.165, 1.54) is 0 Å². The van der Waals surface area contributed by atoms with Crippen LogP contribution in [0.1, 0.15) is 22.1 Å². The van der Waals surface area contributed by atoms with E-state index in [-0.39, 0.29) is 18.4 Å². The van der Waals surface area contributed by atoms with Crippen LogP contribution in [-0.2, 0) is 9.53 Å². The minimum Gasteiger partial charge on any atom is -0.379 e. The van der Waals surface area contributed by atoms with Gasteiger partial charge in [0.05, 0.1) is 13.2 Å². The average molecular weight is 445 g/mol. The summed E-state index contributed by atoms with van der Waals surface area (Å²) in [5.41, 5.74) is 3.98. The van der Waals surface area contributed by atoms with E-state index in [9.17, 15) is 9.59 Å². The summed E-state index contributed by atoms with van der Waals surface area (Å²) in [4.78, 5) is 34.5. The van der Waals surface area contributed by atoms with Gasteiger partial charge in [-0.05, 0) is 17.2 Å². The lowest BCUT2D eigenvalue weighted by Crippen LogP contribution is -2.46. The summed E-state index contributed by atoms with van der Waals surface area (Å²) >= 11 is 0. The van der Waals surface area contributed by atoms with Gasteiger partial charge in [0.1, 0.15) is 11.7 Å². The largest absolute Gasteiger partial charge is 0.379 e. The van der Waals surface area contributed by atoms with E-state index in [1.54, 1.807) is 11.0 Å². The number of nitrogens with one attached hydrogen (secondary N) is 2. The number of hydrogen-bond acceptors (Lipinski definition) is 4. The molecule has 1 saturated heterocycles. The lowest BCUT2D eigenvalue weighted by molar-refractivity contribution is -0.125. The molecule has 0 radical (unpaired) electrons. The molecule has 5 rings (SSSR count). The van der Waals surface area contributed by atoms with Crippen molar-refractivity contribution in [3.8, 4) is 11.1 Å². The molecule has 1 atom stereocenters. The highest BCUT2D eigenvalue weighted by Gasteiger charge is 2.38. The molecule has 0 saturated carbocycles. The molecule has 170 valence electrons. The summed E-state index contributed by atoms with van der Waals surface area (Å²) < 4.78 is 5.40. The third-order valence-electron chi connectivity index (χ3n) is 6.42. The van der Waals surface area contributed by atoms with Crippen molar-refractivity contribution in [2.24, 2.45) is 0 Å². The Bertz CT molecular complexity index is 1200. The summed E-state index contributed by atoms with van der Waals surface area (Å²) in [6, 6.07) is 15.0. The van der Waals surface area contributed by atoms with Crippen LogP contribution in [0.2, 0.25) is 0 Å². The average Bonchev–Trinajstić information content (AvgIpc) is 3.19. The Morgan fingerprint density at radius 1 is 1.15 bits per heavy atom. The smallest absolute Gasteiger partial charge is 0.272 e. The molecule has 2 aromatic carbocycles. The lowest BCUT2D eigenvalue weighted by atomic mass is 9.94.